The fraction of sp³-hybridized carbons (Fsp3) is 0.308. The van der Waals surface area contributed by atoms with E-state index in [-0.39, 0.29) is 12.1 Å². The van der Waals surface area contributed by atoms with Crippen molar-refractivity contribution in [2.75, 3.05) is 25.0 Å². The zero-order valence-corrected chi connectivity index (χ0v) is 20.3. The summed E-state index contributed by atoms with van der Waals surface area (Å²) < 4.78 is 62.1. The van der Waals surface area contributed by atoms with E-state index in [4.69, 9.17) is 4.74 Å². The van der Waals surface area contributed by atoms with Gasteiger partial charge < -0.3 is 15.4 Å². The number of halogens is 4. The van der Waals surface area contributed by atoms with Crippen molar-refractivity contribution in [1.82, 2.24) is 30.0 Å². The van der Waals surface area contributed by atoms with Gasteiger partial charge in [0.1, 0.15) is 11.9 Å². The molecular weight excluding hydrogens is 502 g/mol. The molecular formula is C26H23F4N7O. The Hall–Kier alpha value is -4.06. The first-order valence-corrected chi connectivity index (χ1v) is 12.2. The Kier molecular flexibility index (Phi) is 5.98. The lowest BCUT2D eigenvalue weighted by molar-refractivity contribution is -0.141. The van der Waals surface area contributed by atoms with Crippen LogP contribution in [0.25, 0.3) is 27.9 Å². The number of rotatable bonds is 6. The molecule has 0 radical (unpaired) electrons. The number of nitrogens with zero attached hydrogens (tertiary/aromatic N) is 5. The maximum atomic E-state index is 14.7. The van der Waals surface area contributed by atoms with Crippen LogP contribution in [0.5, 0.6) is 6.01 Å². The first-order chi connectivity index (χ1) is 18.3. The Labute approximate surface area is 215 Å². The van der Waals surface area contributed by atoms with Crippen LogP contribution in [-0.4, -0.2) is 50.5 Å². The quantitative estimate of drug-likeness (QED) is 0.313. The van der Waals surface area contributed by atoms with Gasteiger partial charge in [-0.05, 0) is 49.2 Å². The number of ether oxygens (including phenoxy) is 1. The second-order valence-electron chi connectivity index (χ2n) is 9.16. The Bertz CT molecular complexity index is 1490. The van der Waals surface area contributed by atoms with Gasteiger partial charge in [-0.15, -0.1) is 0 Å². The Morgan fingerprint density at radius 2 is 1.95 bits per heavy atom. The van der Waals surface area contributed by atoms with Crippen molar-refractivity contribution in [2.24, 2.45) is 0 Å². The number of fused-ring (bicyclic) bond motifs is 3. The number of nitrogens with one attached hydrogen (secondary N) is 2. The van der Waals surface area contributed by atoms with Crippen LogP contribution in [0.2, 0.25) is 0 Å². The van der Waals surface area contributed by atoms with Gasteiger partial charge in [-0.25, -0.2) is 19.0 Å². The molecule has 8 nitrogen and oxygen atoms in total. The lowest BCUT2D eigenvalue weighted by Gasteiger charge is -2.16. The molecule has 196 valence electrons. The highest BCUT2D eigenvalue weighted by Gasteiger charge is 2.35. The van der Waals surface area contributed by atoms with E-state index < -0.39 is 17.7 Å². The molecule has 1 atom stereocenters. The van der Waals surface area contributed by atoms with Crippen LogP contribution in [0.15, 0.2) is 43.0 Å². The number of hydrogen-bond donors (Lipinski definition) is 2. The van der Waals surface area contributed by atoms with Gasteiger partial charge in [-0.1, -0.05) is 0 Å². The molecule has 0 bridgehead atoms. The summed E-state index contributed by atoms with van der Waals surface area (Å²) in [5.41, 5.74) is 3.40. The second-order valence-corrected chi connectivity index (χ2v) is 9.16. The van der Waals surface area contributed by atoms with Crippen molar-refractivity contribution in [3.8, 4) is 34.0 Å². The van der Waals surface area contributed by atoms with E-state index >= 15 is 0 Å². The Morgan fingerprint density at radius 1 is 1.13 bits per heavy atom. The summed E-state index contributed by atoms with van der Waals surface area (Å²) in [7, 11) is 0. The number of benzene rings is 1. The minimum atomic E-state index is -4.62. The van der Waals surface area contributed by atoms with E-state index in [1.54, 1.807) is 6.20 Å². The summed E-state index contributed by atoms with van der Waals surface area (Å²) >= 11 is 0. The van der Waals surface area contributed by atoms with Crippen LogP contribution >= 0.6 is 0 Å². The molecule has 6 rings (SSSR count). The zero-order chi connectivity index (χ0) is 26.4. The molecule has 1 unspecified atom stereocenters. The topological polar surface area (TPSA) is 89.8 Å². The molecule has 0 saturated carbocycles. The molecule has 0 amide bonds. The van der Waals surface area contributed by atoms with Crippen molar-refractivity contribution >= 4 is 5.69 Å². The SMILES string of the molecule is CCNc1cc(F)cc2c1Cc1ncc(-c3cnc(OC4CCNC4)nc3)c(-n3ccc(C(F)(F)F)n3)c1-2. The van der Waals surface area contributed by atoms with E-state index in [0.717, 1.165) is 24.6 Å². The average molecular weight is 526 g/mol. The lowest BCUT2D eigenvalue weighted by atomic mass is 9.99. The largest absolute Gasteiger partial charge is 0.459 e. The molecule has 3 aromatic heterocycles. The van der Waals surface area contributed by atoms with Crippen LogP contribution in [-0.2, 0) is 12.6 Å². The minimum absolute atomic E-state index is 0.0275. The monoisotopic (exact) mass is 525 g/mol. The maximum Gasteiger partial charge on any atom is 0.435 e. The normalized spacial score (nSPS) is 16.4. The predicted octanol–water partition coefficient (Wildman–Crippen LogP) is 4.63. The molecule has 38 heavy (non-hydrogen) atoms. The highest BCUT2D eigenvalue weighted by Crippen LogP contribution is 2.46. The first kappa shape index (κ1) is 24.3. The summed E-state index contributed by atoms with van der Waals surface area (Å²) in [6.45, 7) is 4.04. The highest BCUT2D eigenvalue weighted by atomic mass is 19.4. The molecule has 12 heteroatoms. The number of hydrogen-bond acceptors (Lipinski definition) is 7. The van der Waals surface area contributed by atoms with E-state index in [9.17, 15) is 17.6 Å². The number of pyridine rings is 1. The van der Waals surface area contributed by atoms with Crippen LogP contribution in [0.3, 0.4) is 0 Å². The van der Waals surface area contributed by atoms with Crippen LogP contribution in [0, 0.1) is 5.82 Å². The standard InChI is InChI=1S/C26H23F4N7O/c1-2-32-20-8-15(27)7-18-17(20)9-21-23(18)24(37-6-4-22(36-37)26(28,29)30)19(13-33-21)14-10-34-25(35-11-14)38-16-3-5-31-12-16/h4,6-8,10-11,13,16,31-32H,2-3,5,9,12H2,1H3. The molecule has 1 aliphatic carbocycles. The van der Waals surface area contributed by atoms with Gasteiger partial charge in [0, 0.05) is 66.7 Å². The smallest absolute Gasteiger partial charge is 0.435 e. The van der Waals surface area contributed by atoms with E-state index in [1.807, 2.05) is 6.92 Å². The fourth-order valence-electron chi connectivity index (χ4n) is 4.97. The summed E-state index contributed by atoms with van der Waals surface area (Å²) in [5, 5.41) is 10.2. The van der Waals surface area contributed by atoms with Crippen molar-refractivity contribution in [1.29, 1.82) is 0 Å². The third kappa shape index (κ3) is 4.34. The maximum absolute atomic E-state index is 14.7. The Balaban J connectivity index is 1.51. The number of alkyl halides is 3. The second kappa shape index (κ2) is 9.35. The molecule has 2 aliphatic rings. The van der Waals surface area contributed by atoms with E-state index in [2.05, 4.69) is 30.7 Å². The minimum Gasteiger partial charge on any atom is -0.459 e. The molecule has 2 N–H and O–H groups in total. The molecule has 1 aromatic carbocycles. The number of anilines is 1. The molecule has 0 spiro atoms. The van der Waals surface area contributed by atoms with Crippen molar-refractivity contribution in [3.05, 3.63) is 65.8 Å². The van der Waals surface area contributed by atoms with Gasteiger partial charge in [-0.3, -0.25) is 4.98 Å². The van der Waals surface area contributed by atoms with Crippen molar-refractivity contribution < 1.29 is 22.3 Å². The molecule has 4 aromatic rings. The van der Waals surface area contributed by atoms with E-state index in [0.29, 0.717) is 58.8 Å². The molecule has 4 heterocycles. The fourth-order valence-corrected chi connectivity index (χ4v) is 4.97. The third-order valence-corrected chi connectivity index (χ3v) is 6.66. The van der Waals surface area contributed by atoms with Gasteiger partial charge in [0.15, 0.2) is 5.69 Å². The zero-order valence-electron chi connectivity index (χ0n) is 20.3. The molecule has 1 saturated heterocycles. The van der Waals surface area contributed by atoms with Crippen molar-refractivity contribution in [3.63, 3.8) is 0 Å². The van der Waals surface area contributed by atoms with Gasteiger partial charge in [0.2, 0.25) is 0 Å². The summed E-state index contributed by atoms with van der Waals surface area (Å²) in [4.78, 5) is 13.3. The summed E-state index contributed by atoms with van der Waals surface area (Å²) in [6, 6.07) is 3.91. The summed E-state index contributed by atoms with van der Waals surface area (Å²) in [5.74, 6) is -0.466. The Morgan fingerprint density at radius 3 is 2.63 bits per heavy atom. The highest BCUT2D eigenvalue weighted by molar-refractivity contribution is 5.91. The predicted molar refractivity (Wildman–Crippen MR) is 132 cm³/mol. The van der Waals surface area contributed by atoms with Gasteiger partial charge >= 0.3 is 12.2 Å². The van der Waals surface area contributed by atoms with Crippen LogP contribution in [0.1, 0.15) is 30.3 Å². The third-order valence-electron chi connectivity index (χ3n) is 6.66. The van der Waals surface area contributed by atoms with E-state index in [1.165, 1.54) is 35.4 Å². The van der Waals surface area contributed by atoms with Crippen LogP contribution < -0.4 is 15.4 Å². The summed E-state index contributed by atoms with van der Waals surface area (Å²) in [6.07, 6.45) is 2.48. The van der Waals surface area contributed by atoms with Crippen LogP contribution in [0.4, 0.5) is 23.2 Å². The van der Waals surface area contributed by atoms with Crippen molar-refractivity contribution in [2.45, 2.75) is 32.0 Å². The van der Waals surface area contributed by atoms with Gasteiger partial charge in [0.25, 0.3) is 0 Å². The van der Waals surface area contributed by atoms with Gasteiger partial charge in [-0.2, -0.15) is 18.3 Å². The average Bonchev–Trinajstić information content (AvgIpc) is 3.64. The first-order valence-electron chi connectivity index (χ1n) is 12.2. The number of aromatic nitrogens is 5. The lowest BCUT2D eigenvalue weighted by Crippen LogP contribution is -2.20. The molecule has 1 fully saturated rings. The molecule has 1 aliphatic heterocycles. The van der Waals surface area contributed by atoms with Gasteiger partial charge in [0.05, 0.1) is 11.4 Å².